The van der Waals surface area contributed by atoms with Crippen molar-refractivity contribution in [3.05, 3.63) is 0 Å². The molecule has 0 aliphatic rings. The van der Waals surface area contributed by atoms with Gasteiger partial charge in [0.2, 0.25) is 23.6 Å². The summed E-state index contributed by atoms with van der Waals surface area (Å²) < 4.78 is 0. The van der Waals surface area contributed by atoms with Gasteiger partial charge in [-0.3, -0.25) is 24.0 Å². The number of amides is 4. The Balaban J connectivity index is 5.28. The lowest BCUT2D eigenvalue weighted by Crippen LogP contribution is -2.60. The van der Waals surface area contributed by atoms with Crippen molar-refractivity contribution in [3.8, 4) is 0 Å². The third-order valence-corrected chi connectivity index (χ3v) is 5.89. The summed E-state index contributed by atoms with van der Waals surface area (Å²) in [4.78, 5) is 71.9. The van der Waals surface area contributed by atoms with Crippen molar-refractivity contribution >= 4 is 60.0 Å². The molecule has 0 aromatic carbocycles. The smallest absolute Gasteiger partial charge is 0.326 e. The average Bonchev–Trinajstić information content (AvgIpc) is 2.80. The second-order valence-electron chi connectivity index (χ2n) is 7.92. The maximum atomic E-state index is 12.7. The van der Waals surface area contributed by atoms with Crippen LogP contribution in [0, 0.1) is 0 Å². The molecule has 206 valence electrons. The largest absolute Gasteiger partial charge is 0.481 e. The van der Waals surface area contributed by atoms with Crippen LogP contribution in [0.15, 0.2) is 0 Å². The lowest BCUT2D eigenvalue weighted by Gasteiger charge is -2.26. The van der Waals surface area contributed by atoms with Gasteiger partial charge in [-0.2, -0.15) is 24.4 Å². The van der Waals surface area contributed by atoms with Crippen LogP contribution >= 0.6 is 24.4 Å². The predicted octanol–water partition coefficient (Wildman–Crippen LogP) is -2.71. The lowest BCUT2D eigenvalue weighted by atomic mass is 10.1. The molecule has 16 heteroatoms. The van der Waals surface area contributed by atoms with Gasteiger partial charge in [-0.25, -0.2) is 4.79 Å². The number of carbonyl (C=O) groups is 6. The van der Waals surface area contributed by atoms with E-state index in [-0.39, 0.29) is 12.2 Å². The maximum Gasteiger partial charge on any atom is 0.326 e. The molecular formula is C20H35N5O9S2. The van der Waals surface area contributed by atoms with Gasteiger partial charge in [-0.05, 0) is 38.7 Å². The molecule has 36 heavy (non-hydrogen) atoms. The highest BCUT2D eigenvalue weighted by atomic mass is 32.2. The minimum absolute atomic E-state index is 0.0589. The molecule has 14 nitrogen and oxygen atoms in total. The van der Waals surface area contributed by atoms with E-state index in [4.69, 9.17) is 10.8 Å². The summed E-state index contributed by atoms with van der Waals surface area (Å²) in [6.45, 7) is 2.49. The number of nitrogens with one attached hydrogen (secondary N) is 4. The number of thioether (sulfide) groups is 1. The van der Waals surface area contributed by atoms with Crippen molar-refractivity contribution in [1.29, 1.82) is 0 Å². The molecule has 0 spiro atoms. The molecule has 0 saturated carbocycles. The van der Waals surface area contributed by atoms with E-state index in [1.807, 2.05) is 6.26 Å². The van der Waals surface area contributed by atoms with Gasteiger partial charge in [0.05, 0.1) is 12.1 Å². The molecule has 0 aromatic heterocycles. The van der Waals surface area contributed by atoms with Crippen LogP contribution in [-0.2, 0) is 28.8 Å². The number of thiol groups is 1. The van der Waals surface area contributed by atoms with Gasteiger partial charge in [-0.15, -0.1) is 0 Å². The first-order chi connectivity index (χ1) is 16.7. The highest BCUT2D eigenvalue weighted by Gasteiger charge is 2.32. The molecule has 0 radical (unpaired) electrons. The number of carboxylic acids is 2. The van der Waals surface area contributed by atoms with E-state index in [2.05, 4.69) is 33.9 Å². The van der Waals surface area contributed by atoms with Gasteiger partial charge >= 0.3 is 11.9 Å². The molecule has 0 bridgehead atoms. The average molecular weight is 554 g/mol. The van der Waals surface area contributed by atoms with Gasteiger partial charge < -0.3 is 42.3 Å². The summed E-state index contributed by atoms with van der Waals surface area (Å²) in [5.41, 5.74) is 5.62. The van der Waals surface area contributed by atoms with Gasteiger partial charge in [0.25, 0.3) is 0 Å². The quantitative estimate of drug-likeness (QED) is 0.0839. The third kappa shape index (κ3) is 12.4. The topological polar surface area (TPSA) is 237 Å². The van der Waals surface area contributed by atoms with E-state index in [0.717, 1.165) is 0 Å². The van der Waals surface area contributed by atoms with Crippen LogP contribution in [0.2, 0.25) is 0 Å². The summed E-state index contributed by atoms with van der Waals surface area (Å²) >= 11 is 5.38. The van der Waals surface area contributed by atoms with Crippen LogP contribution in [-0.4, -0.2) is 105 Å². The Bertz CT molecular complexity index is 800. The summed E-state index contributed by atoms with van der Waals surface area (Å²) in [5.74, 6) is -5.37. The Morgan fingerprint density at radius 2 is 1.44 bits per heavy atom. The molecular weight excluding hydrogens is 518 g/mol. The summed E-state index contributed by atoms with van der Waals surface area (Å²) in [5, 5.41) is 37.1. The molecule has 0 fully saturated rings. The van der Waals surface area contributed by atoms with Crippen LogP contribution in [0.3, 0.4) is 0 Å². The highest BCUT2D eigenvalue weighted by Crippen LogP contribution is 2.04. The Labute approximate surface area is 218 Å². The predicted molar refractivity (Wildman–Crippen MR) is 134 cm³/mol. The number of aliphatic hydroxyl groups excluding tert-OH is 1. The molecule has 0 aromatic rings. The van der Waals surface area contributed by atoms with Crippen LogP contribution in [0.25, 0.3) is 0 Å². The highest BCUT2D eigenvalue weighted by molar-refractivity contribution is 7.98. The SMILES string of the molecule is CSCC[C@H](NC(=O)[C@@H](N)CS)C(=O)N[C@@H](C)C(=O)N[C@H](C(=O)N[C@@H](CCC(=O)O)C(=O)O)[C@@H](C)O. The number of carbonyl (C=O) groups excluding carboxylic acids is 4. The Hall–Kier alpha value is -2.56. The van der Waals surface area contributed by atoms with Gasteiger partial charge in [-0.1, -0.05) is 0 Å². The molecule has 0 heterocycles. The van der Waals surface area contributed by atoms with Crippen molar-refractivity contribution in [1.82, 2.24) is 21.3 Å². The molecule has 0 unspecified atom stereocenters. The number of carboxylic acid groups (broad SMARTS) is 2. The number of hydrogen-bond donors (Lipinski definition) is 9. The van der Waals surface area contributed by atoms with Crippen molar-refractivity contribution in [2.75, 3.05) is 17.8 Å². The van der Waals surface area contributed by atoms with E-state index in [1.54, 1.807) is 0 Å². The van der Waals surface area contributed by atoms with Crippen molar-refractivity contribution in [2.24, 2.45) is 5.73 Å². The van der Waals surface area contributed by atoms with Crippen molar-refractivity contribution < 1.29 is 44.1 Å². The molecule has 0 saturated heterocycles. The van der Waals surface area contributed by atoms with Crippen molar-refractivity contribution in [2.45, 2.75) is 69.4 Å². The van der Waals surface area contributed by atoms with E-state index in [0.29, 0.717) is 5.75 Å². The maximum absolute atomic E-state index is 12.7. The molecule has 0 rings (SSSR count). The second kappa shape index (κ2) is 17.0. The Morgan fingerprint density at radius 1 is 0.861 bits per heavy atom. The molecule has 9 N–H and O–H groups in total. The summed E-state index contributed by atoms with van der Waals surface area (Å²) in [6.07, 6.45) is -0.341. The van der Waals surface area contributed by atoms with Crippen LogP contribution in [0.5, 0.6) is 0 Å². The molecule has 6 atom stereocenters. The van der Waals surface area contributed by atoms with Crippen LogP contribution < -0.4 is 27.0 Å². The van der Waals surface area contributed by atoms with Crippen LogP contribution in [0.4, 0.5) is 0 Å². The van der Waals surface area contributed by atoms with E-state index < -0.39 is 84.7 Å². The van der Waals surface area contributed by atoms with Crippen molar-refractivity contribution in [3.63, 3.8) is 0 Å². The van der Waals surface area contributed by atoms with Gasteiger partial charge in [0.15, 0.2) is 0 Å². The van der Waals surface area contributed by atoms with Gasteiger partial charge in [0.1, 0.15) is 24.2 Å². The minimum Gasteiger partial charge on any atom is -0.481 e. The standard InChI is InChI=1S/C20H35N5O9S2/c1-9(22-18(31)12(6-7-36-3)23-17(30)11(21)8-35)16(29)25-15(10(2)26)19(32)24-13(20(33)34)4-5-14(27)28/h9-13,15,26,35H,4-8,21H2,1-3H3,(H,22,31)(H,23,30)(H,24,32)(H,25,29)(H,27,28)(H,33,34)/t9-,10+,11-,12-,13-,15-/m0/s1. The molecule has 4 amide bonds. The summed E-state index contributed by atoms with van der Waals surface area (Å²) in [6, 6.07) is -6.29. The number of rotatable bonds is 17. The first kappa shape index (κ1) is 33.4. The number of aliphatic carboxylic acids is 2. The zero-order valence-electron chi connectivity index (χ0n) is 20.2. The van der Waals surface area contributed by atoms with Crippen LogP contribution in [0.1, 0.15) is 33.1 Å². The first-order valence-corrected chi connectivity index (χ1v) is 13.0. The molecule has 0 aliphatic carbocycles. The third-order valence-electron chi connectivity index (χ3n) is 4.85. The van der Waals surface area contributed by atoms with E-state index in [9.17, 15) is 39.0 Å². The zero-order chi connectivity index (χ0) is 28.0. The number of aliphatic hydroxyl groups is 1. The monoisotopic (exact) mass is 553 g/mol. The number of nitrogens with two attached hydrogens (primary N) is 1. The fourth-order valence-electron chi connectivity index (χ4n) is 2.72. The Morgan fingerprint density at radius 3 is 1.92 bits per heavy atom. The first-order valence-electron chi connectivity index (χ1n) is 10.9. The van der Waals surface area contributed by atoms with E-state index in [1.165, 1.54) is 25.6 Å². The second-order valence-corrected chi connectivity index (χ2v) is 9.27. The van der Waals surface area contributed by atoms with Gasteiger partial charge in [0, 0.05) is 12.2 Å². The normalized spacial score (nSPS) is 15.8. The molecule has 0 aliphatic heterocycles. The summed E-state index contributed by atoms with van der Waals surface area (Å²) in [7, 11) is 0. The van der Waals surface area contributed by atoms with E-state index >= 15 is 0 Å². The fraction of sp³-hybridized carbons (Fsp3) is 0.700. The lowest BCUT2D eigenvalue weighted by molar-refractivity contribution is -0.144. The minimum atomic E-state index is -1.59. The Kier molecular flexibility index (Phi) is 15.8. The fourth-order valence-corrected chi connectivity index (χ4v) is 3.35. The number of hydrogen-bond acceptors (Lipinski definition) is 10. The zero-order valence-corrected chi connectivity index (χ0v) is 21.9.